The Morgan fingerprint density at radius 1 is 1.10 bits per heavy atom. The lowest BCUT2D eigenvalue weighted by Gasteiger charge is -2.27. The molecule has 0 unspecified atom stereocenters. The third-order valence-electron chi connectivity index (χ3n) is 3.45. The summed E-state index contributed by atoms with van der Waals surface area (Å²) < 4.78 is 0. The molecule has 1 aliphatic heterocycles. The summed E-state index contributed by atoms with van der Waals surface area (Å²) in [6.07, 6.45) is 0.545. The largest absolute Gasteiger partial charge is 0.478 e. The number of aromatic carboxylic acids is 1. The van der Waals surface area contributed by atoms with Gasteiger partial charge < -0.3 is 15.7 Å². The molecule has 5 heteroatoms. The van der Waals surface area contributed by atoms with E-state index < -0.39 is 12.0 Å². The first kappa shape index (κ1) is 13.2. The molecule has 0 bridgehead atoms. The van der Waals surface area contributed by atoms with Crippen molar-refractivity contribution in [3.8, 4) is 0 Å². The maximum atomic E-state index is 12.1. The normalized spacial score (nSPS) is 16.6. The number of carbonyl (C=O) groups is 2. The van der Waals surface area contributed by atoms with Gasteiger partial charge in [0.1, 0.15) is 6.04 Å². The molecule has 2 aromatic rings. The highest BCUT2D eigenvalue weighted by molar-refractivity contribution is 6.04. The Labute approximate surface area is 121 Å². The number of fused-ring (bicyclic) bond motifs is 1. The fourth-order valence-corrected chi connectivity index (χ4v) is 2.37. The van der Waals surface area contributed by atoms with Gasteiger partial charge in [0, 0.05) is 6.42 Å². The van der Waals surface area contributed by atoms with Crippen LogP contribution in [-0.4, -0.2) is 23.0 Å². The second kappa shape index (κ2) is 5.28. The fraction of sp³-hybridized carbons (Fsp3) is 0.125. The first-order valence-electron chi connectivity index (χ1n) is 6.62. The Kier molecular flexibility index (Phi) is 3.31. The van der Waals surface area contributed by atoms with Gasteiger partial charge in [-0.25, -0.2) is 4.79 Å². The minimum absolute atomic E-state index is 0.116. The number of carboxylic acids is 1. The number of amides is 1. The molecule has 5 nitrogen and oxygen atoms in total. The molecule has 1 amide bonds. The highest BCUT2D eigenvalue weighted by Gasteiger charge is 2.26. The third-order valence-corrected chi connectivity index (χ3v) is 3.45. The molecule has 0 saturated heterocycles. The number of anilines is 2. The number of hydrogen-bond donors (Lipinski definition) is 3. The van der Waals surface area contributed by atoms with Crippen LogP contribution in [0.5, 0.6) is 0 Å². The van der Waals surface area contributed by atoms with Crippen LogP contribution in [0.2, 0.25) is 0 Å². The van der Waals surface area contributed by atoms with Crippen LogP contribution < -0.4 is 10.6 Å². The lowest BCUT2D eigenvalue weighted by Crippen LogP contribution is -2.40. The van der Waals surface area contributed by atoms with Gasteiger partial charge in [-0.1, -0.05) is 30.3 Å². The maximum absolute atomic E-state index is 12.1. The second-order valence-corrected chi connectivity index (χ2v) is 4.94. The van der Waals surface area contributed by atoms with Crippen LogP contribution in [0.4, 0.5) is 11.4 Å². The number of rotatable bonds is 3. The van der Waals surface area contributed by atoms with Crippen LogP contribution in [-0.2, 0) is 11.2 Å². The summed E-state index contributed by atoms with van der Waals surface area (Å²) in [6.45, 7) is 0. The van der Waals surface area contributed by atoms with Crippen LogP contribution in [0.3, 0.4) is 0 Å². The highest BCUT2D eigenvalue weighted by atomic mass is 16.4. The minimum atomic E-state index is -0.990. The molecule has 0 fully saturated rings. The highest BCUT2D eigenvalue weighted by Crippen LogP contribution is 2.28. The van der Waals surface area contributed by atoms with Crippen molar-refractivity contribution < 1.29 is 14.7 Å². The summed E-state index contributed by atoms with van der Waals surface area (Å²) >= 11 is 0. The number of carbonyl (C=O) groups excluding carboxylic acids is 1. The summed E-state index contributed by atoms with van der Waals surface area (Å²) in [4.78, 5) is 23.1. The SMILES string of the molecule is O=C(O)c1ccc2c(c1)N[C@H](Cc1ccccc1)C(=O)N2. The van der Waals surface area contributed by atoms with E-state index in [0.29, 0.717) is 17.8 Å². The Hall–Kier alpha value is -2.82. The molecular weight excluding hydrogens is 268 g/mol. The minimum Gasteiger partial charge on any atom is -0.478 e. The lowest BCUT2D eigenvalue weighted by molar-refractivity contribution is -0.117. The van der Waals surface area contributed by atoms with Crippen molar-refractivity contribution in [2.75, 3.05) is 10.6 Å². The molecular formula is C16H14N2O3. The number of hydrogen-bond acceptors (Lipinski definition) is 3. The Bertz CT molecular complexity index is 698. The van der Waals surface area contributed by atoms with E-state index >= 15 is 0 Å². The van der Waals surface area contributed by atoms with Crippen molar-refractivity contribution in [2.24, 2.45) is 0 Å². The van der Waals surface area contributed by atoms with Crippen LogP contribution in [0.25, 0.3) is 0 Å². The Morgan fingerprint density at radius 3 is 2.57 bits per heavy atom. The average Bonchev–Trinajstić information content (AvgIpc) is 2.48. The van der Waals surface area contributed by atoms with E-state index in [9.17, 15) is 9.59 Å². The zero-order valence-electron chi connectivity index (χ0n) is 11.2. The van der Waals surface area contributed by atoms with E-state index in [1.54, 1.807) is 6.07 Å². The van der Waals surface area contributed by atoms with Crippen molar-refractivity contribution in [1.29, 1.82) is 0 Å². The average molecular weight is 282 g/mol. The molecule has 0 saturated carbocycles. The van der Waals surface area contributed by atoms with Gasteiger partial charge in [-0.3, -0.25) is 4.79 Å². The molecule has 3 N–H and O–H groups in total. The van der Waals surface area contributed by atoms with Gasteiger partial charge in [0.15, 0.2) is 0 Å². The van der Waals surface area contributed by atoms with E-state index in [1.807, 2.05) is 30.3 Å². The summed E-state index contributed by atoms with van der Waals surface area (Å²) in [5.74, 6) is -1.11. The standard InChI is InChI=1S/C16H14N2O3/c19-15-14(8-10-4-2-1-3-5-10)17-13-9-11(16(20)21)6-7-12(13)18-15/h1-7,9,14,17H,8H2,(H,18,19)(H,20,21)/t14-/m1/s1. The topological polar surface area (TPSA) is 78.4 Å². The second-order valence-electron chi connectivity index (χ2n) is 4.94. The van der Waals surface area contributed by atoms with Gasteiger partial charge >= 0.3 is 5.97 Å². The Morgan fingerprint density at radius 2 is 1.86 bits per heavy atom. The summed E-state index contributed by atoms with van der Waals surface area (Å²) in [7, 11) is 0. The number of nitrogens with one attached hydrogen (secondary N) is 2. The summed E-state index contributed by atoms with van der Waals surface area (Å²) in [6, 6.07) is 13.9. The Balaban J connectivity index is 1.85. The van der Waals surface area contributed by atoms with Gasteiger partial charge in [0.2, 0.25) is 5.91 Å². The van der Waals surface area contributed by atoms with Crippen molar-refractivity contribution >= 4 is 23.3 Å². The van der Waals surface area contributed by atoms with E-state index in [1.165, 1.54) is 12.1 Å². The van der Waals surface area contributed by atoms with Crippen LogP contribution in [0, 0.1) is 0 Å². The molecule has 1 aliphatic rings. The van der Waals surface area contributed by atoms with Crippen molar-refractivity contribution in [3.63, 3.8) is 0 Å². The van der Waals surface area contributed by atoms with Gasteiger partial charge in [-0.05, 0) is 23.8 Å². The smallest absolute Gasteiger partial charge is 0.335 e. The predicted octanol–water partition coefficient (Wildman–Crippen LogP) is 2.36. The number of benzene rings is 2. The molecule has 2 aromatic carbocycles. The van der Waals surface area contributed by atoms with Gasteiger partial charge in [-0.15, -0.1) is 0 Å². The molecule has 3 rings (SSSR count). The van der Waals surface area contributed by atoms with Crippen LogP contribution >= 0.6 is 0 Å². The van der Waals surface area contributed by atoms with E-state index in [4.69, 9.17) is 5.11 Å². The summed E-state index contributed by atoms with van der Waals surface area (Å²) in [5.41, 5.74) is 2.48. The molecule has 21 heavy (non-hydrogen) atoms. The quantitative estimate of drug-likeness (QED) is 0.807. The maximum Gasteiger partial charge on any atom is 0.335 e. The fourth-order valence-electron chi connectivity index (χ4n) is 2.37. The molecule has 0 aromatic heterocycles. The molecule has 0 radical (unpaired) electrons. The van der Waals surface area contributed by atoms with Gasteiger partial charge in [0.25, 0.3) is 0 Å². The molecule has 0 spiro atoms. The third kappa shape index (κ3) is 2.72. The first-order chi connectivity index (χ1) is 10.1. The van der Waals surface area contributed by atoms with Gasteiger partial charge in [-0.2, -0.15) is 0 Å². The van der Waals surface area contributed by atoms with Crippen molar-refractivity contribution in [3.05, 3.63) is 59.7 Å². The first-order valence-corrected chi connectivity index (χ1v) is 6.62. The number of carboxylic acid groups (broad SMARTS) is 1. The van der Waals surface area contributed by atoms with E-state index in [2.05, 4.69) is 10.6 Å². The van der Waals surface area contributed by atoms with Gasteiger partial charge in [0.05, 0.1) is 16.9 Å². The zero-order chi connectivity index (χ0) is 14.8. The monoisotopic (exact) mass is 282 g/mol. The van der Waals surface area contributed by atoms with Crippen LogP contribution in [0.15, 0.2) is 48.5 Å². The van der Waals surface area contributed by atoms with Crippen molar-refractivity contribution in [2.45, 2.75) is 12.5 Å². The molecule has 106 valence electrons. The summed E-state index contributed by atoms with van der Waals surface area (Å²) in [5, 5.41) is 14.9. The predicted molar refractivity (Wildman–Crippen MR) is 79.6 cm³/mol. The lowest BCUT2D eigenvalue weighted by atomic mass is 10.0. The zero-order valence-corrected chi connectivity index (χ0v) is 11.2. The molecule has 1 heterocycles. The van der Waals surface area contributed by atoms with Crippen LogP contribution in [0.1, 0.15) is 15.9 Å². The van der Waals surface area contributed by atoms with E-state index in [0.717, 1.165) is 5.56 Å². The van der Waals surface area contributed by atoms with Crippen molar-refractivity contribution in [1.82, 2.24) is 0 Å². The molecule has 1 atom stereocenters. The molecule has 0 aliphatic carbocycles. The van der Waals surface area contributed by atoms with E-state index in [-0.39, 0.29) is 11.5 Å².